The molecule has 0 saturated carbocycles. The Hall–Kier alpha value is -2.96. The molecule has 0 aliphatic carbocycles. The lowest BCUT2D eigenvalue weighted by atomic mass is 10.0. The smallest absolute Gasteiger partial charge is 0.306 e. The molecule has 0 bridgehead atoms. The van der Waals surface area contributed by atoms with Gasteiger partial charge in [0, 0.05) is 6.42 Å². The van der Waals surface area contributed by atoms with E-state index in [1.54, 1.807) is 0 Å². The average molecular weight is 921 g/mol. The quantitative estimate of drug-likeness (QED) is 0.0321. The number of esters is 1. The van der Waals surface area contributed by atoms with Gasteiger partial charge in [-0.1, -0.05) is 241 Å². The van der Waals surface area contributed by atoms with Crippen molar-refractivity contribution >= 4 is 11.9 Å². The van der Waals surface area contributed by atoms with E-state index in [1.807, 2.05) is 6.08 Å². The number of ether oxygens (including phenoxy) is 1. The minimum absolute atomic E-state index is 0.0387. The van der Waals surface area contributed by atoms with Crippen LogP contribution in [0.3, 0.4) is 0 Å². The number of rotatable bonds is 49. The van der Waals surface area contributed by atoms with E-state index >= 15 is 0 Å². The van der Waals surface area contributed by atoms with Crippen molar-refractivity contribution < 1.29 is 24.5 Å². The van der Waals surface area contributed by atoms with Crippen LogP contribution in [0.4, 0.5) is 0 Å². The Morgan fingerprint density at radius 1 is 0.455 bits per heavy atom. The highest BCUT2D eigenvalue weighted by atomic mass is 16.5. The highest BCUT2D eigenvalue weighted by molar-refractivity contribution is 5.77. The predicted molar refractivity (Wildman–Crippen MR) is 287 cm³/mol. The molecule has 0 heterocycles. The van der Waals surface area contributed by atoms with Gasteiger partial charge in [-0.15, -0.1) is 0 Å². The molecule has 3 atom stereocenters. The van der Waals surface area contributed by atoms with Crippen LogP contribution in [0.15, 0.2) is 85.1 Å². The summed E-state index contributed by atoms with van der Waals surface area (Å²) in [6.07, 6.45) is 69.4. The summed E-state index contributed by atoms with van der Waals surface area (Å²) in [6, 6.07) is -0.723. The molecule has 1 amide bonds. The topological polar surface area (TPSA) is 95.9 Å². The SMILES string of the molecule is CC/C=C\C/C=C\C/C=C\C/C=C\C/C=C\C/C=C\CCC(=O)OC(CCCCCCC/C=C/CCCCCCCC)CC(=O)NC(CO)C(O)CCCCCCCCCCCCCCC. The van der Waals surface area contributed by atoms with Gasteiger partial charge in [-0.05, 0) is 89.9 Å². The van der Waals surface area contributed by atoms with Gasteiger partial charge in [0.15, 0.2) is 0 Å². The van der Waals surface area contributed by atoms with E-state index in [1.165, 1.54) is 122 Å². The van der Waals surface area contributed by atoms with Gasteiger partial charge >= 0.3 is 5.97 Å². The van der Waals surface area contributed by atoms with Crippen molar-refractivity contribution in [2.24, 2.45) is 0 Å². The maximum Gasteiger partial charge on any atom is 0.306 e. The summed E-state index contributed by atoms with van der Waals surface area (Å²) in [5.41, 5.74) is 0. The van der Waals surface area contributed by atoms with Crippen molar-refractivity contribution in [2.75, 3.05) is 6.61 Å². The lowest BCUT2D eigenvalue weighted by molar-refractivity contribution is -0.150. The zero-order chi connectivity index (χ0) is 48.1. The van der Waals surface area contributed by atoms with Crippen LogP contribution < -0.4 is 5.32 Å². The molecular weight excluding hydrogens is 815 g/mol. The third kappa shape index (κ3) is 47.5. The van der Waals surface area contributed by atoms with Crippen LogP contribution in [0.2, 0.25) is 0 Å². The fraction of sp³-hybridized carbons (Fsp3) is 0.733. The van der Waals surface area contributed by atoms with Crippen LogP contribution in [0.5, 0.6) is 0 Å². The molecule has 0 aromatic heterocycles. The van der Waals surface area contributed by atoms with Crippen molar-refractivity contribution in [1.82, 2.24) is 5.32 Å². The lowest BCUT2D eigenvalue weighted by Crippen LogP contribution is -2.46. The van der Waals surface area contributed by atoms with Crippen LogP contribution in [0, 0.1) is 0 Å². The van der Waals surface area contributed by atoms with Crippen molar-refractivity contribution in [2.45, 2.75) is 277 Å². The molecule has 0 aliphatic rings. The van der Waals surface area contributed by atoms with Gasteiger partial charge in [-0.25, -0.2) is 0 Å². The maximum absolute atomic E-state index is 13.2. The third-order valence-electron chi connectivity index (χ3n) is 12.2. The van der Waals surface area contributed by atoms with Gasteiger partial charge in [-0.2, -0.15) is 0 Å². The molecule has 0 aromatic carbocycles. The van der Waals surface area contributed by atoms with Gasteiger partial charge < -0.3 is 20.3 Å². The Labute approximate surface area is 408 Å². The maximum atomic E-state index is 13.2. The first-order valence-electron chi connectivity index (χ1n) is 27.8. The van der Waals surface area contributed by atoms with Crippen molar-refractivity contribution in [3.8, 4) is 0 Å². The Morgan fingerprint density at radius 3 is 1.24 bits per heavy atom. The van der Waals surface area contributed by atoms with Crippen molar-refractivity contribution in [3.63, 3.8) is 0 Å². The highest BCUT2D eigenvalue weighted by Crippen LogP contribution is 2.17. The third-order valence-corrected chi connectivity index (χ3v) is 12.2. The number of unbranched alkanes of at least 4 members (excludes halogenated alkanes) is 23. The van der Waals surface area contributed by atoms with E-state index in [-0.39, 0.29) is 31.3 Å². The average Bonchev–Trinajstić information content (AvgIpc) is 3.31. The fourth-order valence-corrected chi connectivity index (χ4v) is 8.04. The molecule has 3 unspecified atom stereocenters. The first-order chi connectivity index (χ1) is 32.5. The van der Waals surface area contributed by atoms with E-state index in [0.717, 1.165) is 83.5 Å². The summed E-state index contributed by atoms with van der Waals surface area (Å²) in [7, 11) is 0. The minimum atomic E-state index is -0.806. The van der Waals surface area contributed by atoms with E-state index in [2.05, 4.69) is 105 Å². The molecule has 3 N–H and O–H groups in total. The highest BCUT2D eigenvalue weighted by Gasteiger charge is 2.24. The number of hydrogen-bond acceptors (Lipinski definition) is 5. The Kier molecular flexibility index (Phi) is 50.6. The van der Waals surface area contributed by atoms with Gasteiger partial charge in [-0.3, -0.25) is 9.59 Å². The van der Waals surface area contributed by atoms with Crippen LogP contribution in [-0.2, 0) is 14.3 Å². The zero-order valence-electron chi connectivity index (χ0n) is 43.3. The molecule has 6 nitrogen and oxygen atoms in total. The van der Waals surface area contributed by atoms with Crippen LogP contribution in [0.25, 0.3) is 0 Å². The van der Waals surface area contributed by atoms with E-state index in [0.29, 0.717) is 19.3 Å². The predicted octanol–water partition coefficient (Wildman–Crippen LogP) is 17.1. The molecule has 0 spiro atoms. The number of nitrogens with one attached hydrogen (secondary N) is 1. The Balaban J connectivity index is 4.71. The molecule has 0 aliphatic heterocycles. The normalized spacial score (nSPS) is 13.8. The van der Waals surface area contributed by atoms with Crippen LogP contribution >= 0.6 is 0 Å². The molecule has 0 saturated heterocycles. The molecular formula is C60H105NO5. The number of hydrogen-bond donors (Lipinski definition) is 3. The standard InChI is InChI=1S/C60H105NO5/c1-4-7-10-13-16-19-22-25-27-28-29-30-32-35-38-41-44-47-50-53-60(65)66-56(51-48-45-42-39-36-34-31-26-23-20-17-14-11-8-5-2)54-59(64)61-57(55-62)58(63)52-49-46-43-40-37-33-24-21-18-15-12-9-6-3/h7,10,16,19,25-27,29-31,35,38,44,47,56-58,62-63H,4-6,8-9,11-15,17-18,20-24,28,32-34,36-37,39-43,45-46,48-55H2,1-3H3,(H,61,64)/b10-7-,19-16-,27-25-,30-29-,31-26+,38-35-,47-44-. The Bertz CT molecular complexity index is 1260. The van der Waals surface area contributed by atoms with Gasteiger partial charge in [0.25, 0.3) is 0 Å². The minimum Gasteiger partial charge on any atom is -0.462 e. The van der Waals surface area contributed by atoms with Crippen molar-refractivity contribution in [3.05, 3.63) is 85.1 Å². The summed E-state index contributed by atoms with van der Waals surface area (Å²) in [4.78, 5) is 26.2. The molecule has 0 aromatic rings. The van der Waals surface area contributed by atoms with Gasteiger partial charge in [0.2, 0.25) is 5.91 Å². The summed E-state index contributed by atoms with van der Waals surface area (Å²) in [5, 5.41) is 23.8. The second kappa shape index (κ2) is 53.0. The lowest BCUT2D eigenvalue weighted by Gasteiger charge is -2.24. The summed E-state index contributed by atoms with van der Waals surface area (Å²) >= 11 is 0. The Morgan fingerprint density at radius 2 is 0.818 bits per heavy atom. The number of carbonyl (C=O) groups excluding carboxylic acids is 2. The molecule has 0 fully saturated rings. The van der Waals surface area contributed by atoms with Gasteiger partial charge in [0.05, 0.1) is 25.2 Å². The number of allylic oxidation sites excluding steroid dienone is 14. The van der Waals surface area contributed by atoms with Crippen LogP contribution in [0.1, 0.15) is 258 Å². The van der Waals surface area contributed by atoms with E-state index in [4.69, 9.17) is 4.74 Å². The number of carbonyl (C=O) groups is 2. The molecule has 0 radical (unpaired) electrons. The summed E-state index contributed by atoms with van der Waals surface area (Å²) < 4.78 is 5.91. The van der Waals surface area contributed by atoms with Crippen molar-refractivity contribution in [1.29, 1.82) is 0 Å². The van der Waals surface area contributed by atoms with E-state index < -0.39 is 18.2 Å². The first kappa shape index (κ1) is 63.0. The molecule has 380 valence electrons. The molecule has 6 heteroatoms. The number of aliphatic hydroxyl groups is 2. The zero-order valence-corrected chi connectivity index (χ0v) is 43.3. The van der Waals surface area contributed by atoms with Crippen LogP contribution in [-0.4, -0.2) is 46.9 Å². The summed E-state index contributed by atoms with van der Waals surface area (Å²) in [5.74, 6) is -0.581. The monoisotopic (exact) mass is 920 g/mol. The molecule has 66 heavy (non-hydrogen) atoms. The number of aliphatic hydroxyl groups excluding tert-OH is 2. The number of amides is 1. The second-order valence-electron chi connectivity index (χ2n) is 18.6. The van der Waals surface area contributed by atoms with Gasteiger partial charge in [0.1, 0.15) is 6.10 Å². The van der Waals surface area contributed by atoms with E-state index in [9.17, 15) is 19.8 Å². The second-order valence-corrected chi connectivity index (χ2v) is 18.6. The largest absolute Gasteiger partial charge is 0.462 e. The fourth-order valence-electron chi connectivity index (χ4n) is 8.04. The molecule has 0 rings (SSSR count). The first-order valence-corrected chi connectivity index (χ1v) is 27.8. The summed E-state index contributed by atoms with van der Waals surface area (Å²) in [6.45, 7) is 6.36.